The summed E-state index contributed by atoms with van der Waals surface area (Å²) < 4.78 is 16.1. The molecule has 8 heteroatoms. The number of carbonyl (C=O) groups excluding carboxylic acids is 2. The number of ether oxygens (including phenoxy) is 2. The zero-order valence-electron chi connectivity index (χ0n) is 16.2. The summed E-state index contributed by atoms with van der Waals surface area (Å²) in [6.07, 6.45) is 4.41. The highest BCUT2D eigenvalue weighted by Crippen LogP contribution is 2.43. The van der Waals surface area contributed by atoms with Gasteiger partial charge in [0.2, 0.25) is 0 Å². The maximum absolute atomic E-state index is 13.1. The van der Waals surface area contributed by atoms with E-state index in [1.54, 1.807) is 42.5 Å². The number of aliphatic hydroxyl groups is 1. The molecule has 0 saturated carbocycles. The Morgan fingerprint density at radius 2 is 1.73 bits per heavy atom. The van der Waals surface area contributed by atoms with Crippen LogP contribution in [0.25, 0.3) is 5.76 Å². The number of Topliss-reactive ketones (excluding diaryl/α,β-unsaturated/α-hetero) is 1. The molecule has 2 aromatic heterocycles. The van der Waals surface area contributed by atoms with Gasteiger partial charge in [0.05, 0.1) is 31.7 Å². The molecule has 1 amide bonds. The molecule has 4 rings (SSSR count). The van der Waals surface area contributed by atoms with Gasteiger partial charge < -0.3 is 19.0 Å². The van der Waals surface area contributed by atoms with Crippen LogP contribution in [0.5, 0.6) is 11.5 Å². The lowest BCUT2D eigenvalue weighted by atomic mass is 9.99. The van der Waals surface area contributed by atoms with Crippen molar-refractivity contribution in [2.45, 2.75) is 6.04 Å². The molecule has 1 fully saturated rings. The normalized spacial score (nSPS) is 17.9. The van der Waals surface area contributed by atoms with Gasteiger partial charge >= 0.3 is 0 Å². The van der Waals surface area contributed by atoms with E-state index in [-0.39, 0.29) is 11.3 Å². The Morgan fingerprint density at radius 3 is 2.30 bits per heavy atom. The van der Waals surface area contributed by atoms with Crippen molar-refractivity contribution >= 4 is 23.1 Å². The minimum atomic E-state index is -0.968. The van der Waals surface area contributed by atoms with Crippen molar-refractivity contribution in [2.75, 3.05) is 19.1 Å². The van der Waals surface area contributed by atoms with E-state index in [0.29, 0.717) is 28.5 Å². The Labute approximate surface area is 172 Å². The molecule has 1 aliphatic rings. The number of benzene rings is 1. The SMILES string of the molecule is COc1cc(OC)cc(N2C(=O)C(=O)/C(=C(\O)c3ccncc3)C2c2ccco2)c1. The van der Waals surface area contributed by atoms with Crippen LogP contribution in [-0.2, 0) is 9.59 Å². The van der Waals surface area contributed by atoms with E-state index in [1.165, 1.54) is 37.8 Å². The average Bonchev–Trinajstić information content (AvgIpc) is 3.40. The third kappa shape index (κ3) is 3.18. The van der Waals surface area contributed by atoms with Crippen LogP contribution in [0.2, 0.25) is 0 Å². The summed E-state index contributed by atoms with van der Waals surface area (Å²) in [5, 5.41) is 10.9. The third-order valence-electron chi connectivity index (χ3n) is 4.83. The van der Waals surface area contributed by atoms with E-state index in [0.717, 1.165) is 0 Å². The van der Waals surface area contributed by atoms with Crippen molar-refractivity contribution < 1.29 is 28.6 Å². The van der Waals surface area contributed by atoms with E-state index in [2.05, 4.69) is 4.98 Å². The largest absolute Gasteiger partial charge is 0.507 e. The predicted octanol–water partition coefficient (Wildman–Crippen LogP) is 3.32. The summed E-state index contributed by atoms with van der Waals surface area (Å²) in [4.78, 5) is 31.2. The Kier molecular flexibility index (Phi) is 4.97. The number of aromatic nitrogens is 1. The molecule has 3 heterocycles. The van der Waals surface area contributed by atoms with E-state index in [4.69, 9.17) is 13.9 Å². The van der Waals surface area contributed by atoms with Crippen LogP contribution in [0.3, 0.4) is 0 Å². The van der Waals surface area contributed by atoms with Crippen molar-refractivity contribution in [1.29, 1.82) is 0 Å². The molecule has 30 heavy (non-hydrogen) atoms. The van der Waals surface area contributed by atoms with Gasteiger partial charge in [0.15, 0.2) is 0 Å². The number of rotatable bonds is 5. The van der Waals surface area contributed by atoms with Crippen molar-refractivity contribution in [3.8, 4) is 11.5 Å². The van der Waals surface area contributed by atoms with Gasteiger partial charge in [-0.25, -0.2) is 0 Å². The standard InChI is InChI=1S/C22H18N2O6/c1-28-15-10-14(11-16(12-15)29-2)24-19(17-4-3-9-30-17)18(21(26)22(24)27)20(25)13-5-7-23-8-6-13/h3-12,19,25H,1-2H3/b20-18-. The molecule has 0 bridgehead atoms. The molecule has 1 unspecified atom stereocenters. The molecule has 1 N–H and O–H groups in total. The number of carbonyl (C=O) groups is 2. The summed E-state index contributed by atoms with van der Waals surface area (Å²) in [7, 11) is 2.97. The van der Waals surface area contributed by atoms with Gasteiger partial charge in [0, 0.05) is 36.2 Å². The number of ketones is 1. The molecule has 8 nitrogen and oxygen atoms in total. The highest BCUT2D eigenvalue weighted by molar-refractivity contribution is 6.51. The number of aliphatic hydroxyl groups excluding tert-OH is 1. The fourth-order valence-corrected chi connectivity index (χ4v) is 3.41. The lowest BCUT2D eigenvalue weighted by molar-refractivity contribution is -0.132. The topological polar surface area (TPSA) is 102 Å². The second-order valence-electron chi connectivity index (χ2n) is 6.49. The number of hydrogen-bond acceptors (Lipinski definition) is 7. The first-order valence-corrected chi connectivity index (χ1v) is 9.03. The number of methoxy groups -OCH3 is 2. The molecule has 152 valence electrons. The van der Waals surface area contributed by atoms with Gasteiger partial charge in [0.1, 0.15) is 29.1 Å². The summed E-state index contributed by atoms with van der Waals surface area (Å²) in [6.45, 7) is 0. The molecule has 0 spiro atoms. The average molecular weight is 406 g/mol. The summed E-state index contributed by atoms with van der Waals surface area (Å²) >= 11 is 0. The van der Waals surface area contributed by atoms with Gasteiger partial charge in [0.25, 0.3) is 11.7 Å². The van der Waals surface area contributed by atoms with E-state index in [1.807, 2.05) is 0 Å². The maximum atomic E-state index is 13.1. The molecule has 1 aliphatic heterocycles. The van der Waals surface area contributed by atoms with Crippen molar-refractivity contribution in [1.82, 2.24) is 4.98 Å². The lowest BCUT2D eigenvalue weighted by Gasteiger charge is -2.24. The second-order valence-corrected chi connectivity index (χ2v) is 6.49. The molecular weight excluding hydrogens is 388 g/mol. The predicted molar refractivity (Wildman–Crippen MR) is 107 cm³/mol. The number of hydrogen-bond donors (Lipinski definition) is 1. The van der Waals surface area contributed by atoms with Gasteiger partial charge in [-0.15, -0.1) is 0 Å². The quantitative estimate of drug-likeness (QED) is 0.394. The number of pyridine rings is 1. The number of amides is 1. The van der Waals surface area contributed by atoms with Gasteiger partial charge in [-0.2, -0.15) is 0 Å². The Balaban J connectivity index is 1.94. The molecule has 3 aromatic rings. The monoisotopic (exact) mass is 406 g/mol. The Bertz CT molecular complexity index is 1100. The van der Waals surface area contributed by atoms with Crippen LogP contribution < -0.4 is 14.4 Å². The van der Waals surface area contributed by atoms with Gasteiger partial charge in [-0.3, -0.25) is 19.5 Å². The highest BCUT2D eigenvalue weighted by Gasteiger charge is 2.48. The molecule has 1 saturated heterocycles. The van der Waals surface area contributed by atoms with Gasteiger partial charge in [-0.05, 0) is 24.3 Å². The van der Waals surface area contributed by atoms with Crippen molar-refractivity contribution in [3.63, 3.8) is 0 Å². The first-order chi connectivity index (χ1) is 14.5. The third-order valence-corrected chi connectivity index (χ3v) is 4.83. The fraction of sp³-hybridized carbons (Fsp3) is 0.136. The second kappa shape index (κ2) is 7.75. The van der Waals surface area contributed by atoms with Crippen LogP contribution in [0.1, 0.15) is 17.4 Å². The van der Waals surface area contributed by atoms with Crippen molar-refractivity contribution in [3.05, 3.63) is 78.0 Å². The fourth-order valence-electron chi connectivity index (χ4n) is 3.41. The van der Waals surface area contributed by atoms with E-state index < -0.39 is 17.7 Å². The van der Waals surface area contributed by atoms with Crippen molar-refractivity contribution in [2.24, 2.45) is 0 Å². The smallest absolute Gasteiger partial charge is 0.300 e. The number of furan rings is 1. The van der Waals surface area contributed by atoms with E-state index >= 15 is 0 Å². The summed E-state index contributed by atoms with van der Waals surface area (Å²) in [5.74, 6) is -0.729. The lowest BCUT2D eigenvalue weighted by Crippen LogP contribution is -2.29. The zero-order valence-corrected chi connectivity index (χ0v) is 16.2. The molecular formula is C22H18N2O6. The number of nitrogens with zero attached hydrogens (tertiary/aromatic N) is 2. The molecule has 1 atom stereocenters. The first kappa shape index (κ1) is 19.3. The minimum Gasteiger partial charge on any atom is -0.507 e. The van der Waals surface area contributed by atoms with Crippen LogP contribution in [-0.4, -0.2) is 36.0 Å². The Hall–Kier alpha value is -4.07. The van der Waals surface area contributed by atoms with E-state index in [9.17, 15) is 14.7 Å². The van der Waals surface area contributed by atoms with Crippen LogP contribution in [0, 0.1) is 0 Å². The van der Waals surface area contributed by atoms with Gasteiger partial charge in [-0.1, -0.05) is 0 Å². The summed E-state index contributed by atoms with van der Waals surface area (Å²) in [6, 6.07) is 10.3. The summed E-state index contributed by atoms with van der Waals surface area (Å²) in [5.41, 5.74) is 0.647. The van der Waals surface area contributed by atoms with Crippen LogP contribution in [0.4, 0.5) is 5.69 Å². The zero-order chi connectivity index (χ0) is 21.3. The molecule has 1 aromatic carbocycles. The minimum absolute atomic E-state index is 0.0806. The Morgan fingerprint density at radius 1 is 1.07 bits per heavy atom. The van der Waals surface area contributed by atoms with Crippen LogP contribution >= 0.6 is 0 Å². The maximum Gasteiger partial charge on any atom is 0.300 e. The first-order valence-electron chi connectivity index (χ1n) is 9.03. The van der Waals surface area contributed by atoms with Crippen LogP contribution in [0.15, 0.2) is 71.1 Å². The highest BCUT2D eigenvalue weighted by atomic mass is 16.5. The number of anilines is 1. The molecule has 0 radical (unpaired) electrons. The molecule has 0 aliphatic carbocycles.